The SMILES string of the molecule is CC(C)CC(=O)N1CCCN(Cc2noc(-c3ccccc3)n2)CC1. The Morgan fingerprint density at radius 3 is 2.72 bits per heavy atom. The number of hydrogen-bond donors (Lipinski definition) is 0. The summed E-state index contributed by atoms with van der Waals surface area (Å²) in [6.45, 7) is 8.23. The zero-order valence-electron chi connectivity index (χ0n) is 15.0. The van der Waals surface area contributed by atoms with E-state index in [4.69, 9.17) is 4.52 Å². The van der Waals surface area contributed by atoms with Crippen LogP contribution in [0.15, 0.2) is 34.9 Å². The molecule has 25 heavy (non-hydrogen) atoms. The number of amides is 1. The Bertz CT molecular complexity index is 684. The summed E-state index contributed by atoms with van der Waals surface area (Å²) >= 11 is 0. The first-order valence-corrected chi connectivity index (χ1v) is 9.00. The van der Waals surface area contributed by atoms with Gasteiger partial charge in [-0.15, -0.1) is 0 Å². The van der Waals surface area contributed by atoms with Crippen LogP contribution in [0.3, 0.4) is 0 Å². The van der Waals surface area contributed by atoms with Gasteiger partial charge < -0.3 is 9.42 Å². The van der Waals surface area contributed by atoms with E-state index in [-0.39, 0.29) is 5.91 Å². The summed E-state index contributed by atoms with van der Waals surface area (Å²) in [6.07, 6.45) is 1.61. The van der Waals surface area contributed by atoms with Crippen LogP contribution >= 0.6 is 0 Å². The summed E-state index contributed by atoms with van der Waals surface area (Å²) < 4.78 is 5.37. The largest absolute Gasteiger partial charge is 0.341 e. The highest BCUT2D eigenvalue weighted by Crippen LogP contribution is 2.17. The van der Waals surface area contributed by atoms with E-state index in [2.05, 4.69) is 28.9 Å². The van der Waals surface area contributed by atoms with E-state index in [1.54, 1.807) is 0 Å². The maximum atomic E-state index is 12.3. The molecular weight excluding hydrogens is 316 g/mol. The molecule has 0 spiro atoms. The van der Waals surface area contributed by atoms with Crippen molar-refractivity contribution in [3.8, 4) is 11.5 Å². The molecule has 0 aliphatic carbocycles. The third-order valence-corrected chi connectivity index (χ3v) is 4.38. The summed E-state index contributed by atoms with van der Waals surface area (Å²) in [5.41, 5.74) is 0.933. The fourth-order valence-electron chi connectivity index (χ4n) is 3.07. The Morgan fingerprint density at radius 2 is 1.96 bits per heavy atom. The van der Waals surface area contributed by atoms with Gasteiger partial charge in [-0.3, -0.25) is 9.69 Å². The summed E-state index contributed by atoms with van der Waals surface area (Å²) in [4.78, 5) is 21.0. The minimum atomic E-state index is 0.266. The average Bonchev–Trinajstić information content (AvgIpc) is 2.93. The van der Waals surface area contributed by atoms with Crippen LogP contribution in [0.4, 0.5) is 0 Å². The highest BCUT2D eigenvalue weighted by Gasteiger charge is 2.21. The molecule has 0 saturated carbocycles. The van der Waals surface area contributed by atoms with Crippen LogP contribution in [-0.2, 0) is 11.3 Å². The van der Waals surface area contributed by atoms with E-state index >= 15 is 0 Å². The van der Waals surface area contributed by atoms with Crippen molar-refractivity contribution in [1.82, 2.24) is 19.9 Å². The summed E-state index contributed by atoms with van der Waals surface area (Å²) in [7, 11) is 0. The molecule has 134 valence electrons. The van der Waals surface area contributed by atoms with Gasteiger partial charge in [-0.2, -0.15) is 4.98 Å². The fraction of sp³-hybridized carbons (Fsp3) is 0.526. The van der Waals surface area contributed by atoms with Gasteiger partial charge in [0.1, 0.15) is 0 Å². The lowest BCUT2D eigenvalue weighted by Gasteiger charge is -2.22. The molecule has 1 fully saturated rings. The van der Waals surface area contributed by atoms with Crippen molar-refractivity contribution < 1.29 is 9.32 Å². The van der Waals surface area contributed by atoms with Gasteiger partial charge in [-0.05, 0) is 24.5 Å². The maximum Gasteiger partial charge on any atom is 0.257 e. The molecule has 1 aromatic heterocycles. The fourth-order valence-corrected chi connectivity index (χ4v) is 3.07. The van der Waals surface area contributed by atoms with Crippen molar-refractivity contribution in [2.24, 2.45) is 5.92 Å². The van der Waals surface area contributed by atoms with E-state index in [1.165, 1.54) is 0 Å². The van der Waals surface area contributed by atoms with E-state index in [1.807, 2.05) is 35.2 Å². The maximum absolute atomic E-state index is 12.3. The smallest absolute Gasteiger partial charge is 0.257 e. The summed E-state index contributed by atoms with van der Waals surface area (Å²) in [5.74, 6) is 1.92. The van der Waals surface area contributed by atoms with Crippen LogP contribution in [-0.4, -0.2) is 52.0 Å². The molecule has 1 aliphatic heterocycles. The van der Waals surface area contributed by atoms with Gasteiger partial charge in [0, 0.05) is 38.2 Å². The predicted octanol–water partition coefficient (Wildman–Crippen LogP) is 2.82. The van der Waals surface area contributed by atoms with Gasteiger partial charge in [-0.25, -0.2) is 0 Å². The quantitative estimate of drug-likeness (QED) is 0.836. The molecule has 0 atom stereocenters. The van der Waals surface area contributed by atoms with E-state index in [9.17, 15) is 4.79 Å². The van der Waals surface area contributed by atoms with Gasteiger partial charge in [0.25, 0.3) is 5.89 Å². The normalized spacial score (nSPS) is 16.2. The van der Waals surface area contributed by atoms with Crippen molar-refractivity contribution in [2.75, 3.05) is 26.2 Å². The lowest BCUT2D eigenvalue weighted by Crippen LogP contribution is -2.35. The number of rotatable bonds is 5. The number of hydrogen-bond acceptors (Lipinski definition) is 5. The minimum absolute atomic E-state index is 0.266. The molecule has 0 unspecified atom stereocenters. The highest BCUT2D eigenvalue weighted by atomic mass is 16.5. The van der Waals surface area contributed by atoms with Gasteiger partial charge in [-0.1, -0.05) is 37.2 Å². The van der Waals surface area contributed by atoms with Gasteiger partial charge >= 0.3 is 0 Å². The molecule has 0 radical (unpaired) electrons. The molecule has 1 saturated heterocycles. The molecule has 2 heterocycles. The Hall–Kier alpha value is -2.21. The monoisotopic (exact) mass is 342 g/mol. The van der Waals surface area contributed by atoms with Crippen molar-refractivity contribution in [2.45, 2.75) is 33.2 Å². The second kappa shape index (κ2) is 8.25. The molecular formula is C19H26N4O2. The predicted molar refractivity (Wildman–Crippen MR) is 95.7 cm³/mol. The Kier molecular flexibility index (Phi) is 5.81. The summed E-state index contributed by atoms with van der Waals surface area (Å²) in [6, 6.07) is 9.79. The van der Waals surface area contributed by atoms with Crippen LogP contribution in [0, 0.1) is 5.92 Å². The molecule has 6 heteroatoms. The standard InChI is InChI=1S/C19H26N4O2/c1-15(2)13-18(24)23-10-6-9-22(11-12-23)14-17-20-19(25-21-17)16-7-4-3-5-8-16/h3-5,7-8,15H,6,9-14H2,1-2H3. The van der Waals surface area contributed by atoms with Crippen LogP contribution in [0.25, 0.3) is 11.5 Å². The zero-order chi connectivity index (χ0) is 17.6. The van der Waals surface area contributed by atoms with Crippen molar-refractivity contribution in [1.29, 1.82) is 0 Å². The van der Waals surface area contributed by atoms with E-state index in [0.29, 0.717) is 30.6 Å². The number of carbonyl (C=O) groups excluding carboxylic acids is 1. The Balaban J connectivity index is 1.56. The average molecular weight is 342 g/mol. The van der Waals surface area contributed by atoms with E-state index in [0.717, 1.165) is 38.2 Å². The van der Waals surface area contributed by atoms with Crippen molar-refractivity contribution >= 4 is 5.91 Å². The molecule has 1 amide bonds. The summed E-state index contributed by atoms with van der Waals surface area (Å²) in [5, 5.41) is 4.10. The van der Waals surface area contributed by atoms with Crippen molar-refractivity contribution in [3.05, 3.63) is 36.2 Å². The van der Waals surface area contributed by atoms with Gasteiger partial charge in [0.2, 0.25) is 5.91 Å². The topological polar surface area (TPSA) is 62.5 Å². The van der Waals surface area contributed by atoms with Crippen LogP contribution in [0.2, 0.25) is 0 Å². The molecule has 1 aliphatic rings. The Labute approximate surface area is 148 Å². The zero-order valence-corrected chi connectivity index (χ0v) is 15.0. The molecule has 0 bridgehead atoms. The van der Waals surface area contributed by atoms with E-state index < -0.39 is 0 Å². The molecule has 3 rings (SSSR count). The molecule has 0 N–H and O–H groups in total. The lowest BCUT2D eigenvalue weighted by atomic mass is 10.1. The first-order chi connectivity index (χ1) is 12.1. The van der Waals surface area contributed by atoms with Crippen LogP contribution < -0.4 is 0 Å². The molecule has 1 aromatic carbocycles. The third kappa shape index (κ3) is 4.89. The number of aromatic nitrogens is 2. The minimum Gasteiger partial charge on any atom is -0.341 e. The first-order valence-electron chi connectivity index (χ1n) is 9.00. The lowest BCUT2D eigenvalue weighted by molar-refractivity contribution is -0.131. The highest BCUT2D eigenvalue weighted by molar-refractivity contribution is 5.76. The third-order valence-electron chi connectivity index (χ3n) is 4.38. The van der Waals surface area contributed by atoms with Crippen LogP contribution in [0.1, 0.15) is 32.5 Å². The molecule has 2 aromatic rings. The van der Waals surface area contributed by atoms with Gasteiger partial charge in [0.05, 0.1) is 6.54 Å². The first kappa shape index (κ1) is 17.6. The number of carbonyl (C=O) groups is 1. The van der Waals surface area contributed by atoms with Crippen molar-refractivity contribution in [3.63, 3.8) is 0 Å². The van der Waals surface area contributed by atoms with Crippen LogP contribution in [0.5, 0.6) is 0 Å². The second-order valence-corrected chi connectivity index (χ2v) is 6.99. The number of nitrogens with zero attached hydrogens (tertiary/aromatic N) is 4. The van der Waals surface area contributed by atoms with Gasteiger partial charge in [0.15, 0.2) is 5.82 Å². The second-order valence-electron chi connectivity index (χ2n) is 6.99. The number of benzene rings is 1. The molecule has 6 nitrogen and oxygen atoms in total. The Morgan fingerprint density at radius 1 is 1.16 bits per heavy atom.